The van der Waals surface area contributed by atoms with Gasteiger partial charge in [-0.05, 0) is 0 Å². The summed E-state index contributed by atoms with van der Waals surface area (Å²) < 4.78 is 37.9. The fraction of sp³-hybridized carbons (Fsp3) is 0.545. The minimum atomic E-state index is -4.62. The molecule has 0 bridgehead atoms. The molecule has 0 saturated carbocycles. The molecule has 7 nitrogen and oxygen atoms in total. The van der Waals surface area contributed by atoms with Gasteiger partial charge in [-0.25, -0.2) is 14.8 Å². The Bertz CT molecular complexity index is 491. The molecule has 2 amide bonds. The first kappa shape index (κ1) is 16.8. The van der Waals surface area contributed by atoms with Gasteiger partial charge in [0.2, 0.25) is 5.82 Å². The van der Waals surface area contributed by atoms with Crippen LogP contribution in [-0.4, -0.2) is 55.1 Å². The van der Waals surface area contributed by atoms with Crippen molar-refractivity contribution in [1.82, 2.24) is 20.2 Å². The van der Waals surface area contributed by atoms with E-state index >= 15 is 0 Å². The summed E-state index contributed by atoms with van der Waals surface area (Å²) in [6.45, 7) is 0.480. The molecule has 0 aliphatic heterocycles. The van der Waals surface area contributed by atoms with Gasteiger partial charge in [-0.2, -0.15) is 13.2 Å². The van der Waals surface area contributed by atoms with Crippen molar-refractivity contribution in [2.24, 2.45) is 0 Å². The Kier molecular flexibility index (Phi) is 5.56. The molecule has 0 atom stereocenters. The van der Waals surface area contributed by atoms with Crippen molar-refractivity contribution in [1.29, 1.82) is 0 Å². The first-order valence-electron chi connectivity index (χ1n) is 6.07. The Hall–Kier alpha value is -2.26. The monoisotopic (exact) mass is 306 g/mol. The molecule has 1 aromatic rings. The molecule has 0 aromatic carbocycles. The average molecular weight is 306 g/mol. The summed E-state index contributed by atoms with van der Waals surface area (Å²) in [5.74, 6) is -1.15. The SMILES string of the molecule is CNc1cc(NCCNC(=O)N(C)C)nc(C(F)(F)F)n1. The Balaban J connectivity index is 2.64. The first-order valence-corrected chi connectivity index (χ1v) is 6.07. The fourth-order valence-electron chi connectivity index (χ4n) is 1.31. The van der Waals surface area contributed by atoms with E-state index in [1.54, 1.807) is 14.1 Å². The van der Waals surface area contributed by atoms with E-state index in [0.717, 1.165) is 0 Å². The molecule has 0 radical (unpaired) electrons. The Morgan fingerprint density at radius 2 is 1.86 bits per heavy atom. The van der Waals surface area contributed by atoms with E-state index in [9.17, 15) is 18.0 Å². The highest BCUT2D eigenvalue weighted by Crippen LogP contribution is 2.28. The maximum Gasteiger partial charge on any atom is 0.451 e. The van der Waals surface area contributed by atoms with E-state index in [0.29, 0.717) is 0 Å². The topological polar surface area (TPSA) is 82.2 Å². The first-order chi connectivity index (χ1) is 9.74. The summed E-state index contributed by atoms with van der Waals surface area (Å²) in [7, 11) is 4.63. The molecule has 3 N–H and O–H groups in total. The zero-order chi connectivity index (χ0) is 16.0. The van der Waals surface area contributed by atoms with E-state index in [4.69, 9.17) is 0 Å². The van der Waals surface area contributed by atoms with Crippen LogP contribution in [0.1, 0.15) is 5.82 Å². The lowest BCUT2D eigenvalue weighted by Crippen LogP contribution is -2.37. The van der Waals surface area contributed by atoms with Crippen molar-refractivity contribution in [3.63, 3.8) is 0 Å². The molecule has 118 valence electrons. The van der Waals surface area contributed by atoms with Crippen molar-refractivity contribution in [2.75, 3.05) is 44.9 Å². The standard InChI is InChI=1S/C11H17F3N6O/c1-15-7-6-8(19-9(18-7)11(12,13)14)16-4-5-17-10(21)20(2)3/h6H,4-5H2,1-3H3,(H,17,21)(H2,15,16,18,19). The molecule has 1 rings (SSSR count). The maximum absolute atomic E-state index is 12.6. The van der Waals surface area contributed by atoms with Gasteiger partial charge >= 0.3 is 12.2 Å². The molecule has 0 spiro atoms. The van der Waals surface area contributed by atoms with Crippen LogP contribution in [0.25, 0.3) is 0 Å². The second kappa shape index (κ2) is 6.95. The number of hydrogen-bond donors (Lipinski definition) is 3. The van der Waals surface area contributed by atoms with Crippen LogP contribution in [-0.2, 0) is 6.18 Å². The molecule has 21 heavy (non-hydrogen) atoms. The third-order valence-electron chi connectivity index (χ3n) is 2.35. The number of urea groups is 1. The smallest absolute Gasteiger partial charge is 0.373 e. The van der Waals surface area contributed by atoms with Gasteiger partial charge < -0.3 is 20.9 Å². The largest absolute Gasteiger partial charge is 0.451 e. The van der Waals surface area contributed by atoms with Crippen LogP contribution >= 0.6 is 0 Å². The minimum absolute atomic E-state index is 0.0285. The molecule has 0 fully saturated rings. The highest BCUT2D eigenvalue weighted by atomic mass is 19.4. The molecular weight excluding hydrogens is 289 g/mol. The van der Waals surface area contributed by atoms with Gasteiger partial charge in [0.25, 0.3) is 0 Å². The quantitative estimate of drug-likeness (QED) is 0.713. The van der Waals surface area contributed by atoms with Gasteiger partial charge in [-0.3, -0.25) is 0 Å². The summed E-state index contributed by atoms with van der Waals surface area (Å²) in [6, 6.07) is 1.06. The van der Waals surface area contributed by atoms with Gasteiger partial charge in [-0.15, -0.1) is 0 Å². The summed E-state index contributed by atoms with van der Waals surface area (Å²) in [4.78, 5) is 19.3. The number of carbonyl (C=O) groups is 1. The molecular formula is C11H17F3N6O. The van der Waals surface area contributed by atoms with Crippen LogP contribution in [0.5, 0.6) is 0 Å². The number of nitrogens with zero attached hydrogens (tertiary/aromatic N) is 3. The van der Waals surface area contributed by atoms with Crippen LogP contribution in [0.2, 0.25) is 0 Å². The molecule has 0 aliphatic carbocycles. The lowest BCUT2D eigenvalue weighted by atomic mass is 10.4. The normalized spacial score (nSPS) is 11.0. The Morgan fingerprint density at radius 3 is 2.38 bits per heavy atom. The number of rotatable bonds is 5. The highest BCUT2D eigenvalue weighted by molar-refractivity contribution is 5.73. The van der Waals surface area contributed by atoms with Crippen molar-refractivity contribution in [3.8, 4) is 0 Å². The van der Waals surface area contributed by atoms with Gasteiger partial charge in [-0.1, -0.05) is 0 Å². The van der Waals surface area contributed by atoms with Gasteiger partial charge in [0, 0.05) is 40.3 Å². The highest BCUT2D eigenvalue weighted by Gasteiger charge is 2.35. The van der Waals surface area contributed by atoms with Gasteiger partial charge in [0.1, 0.15) is 11.6 Å². The number of alkyl halides is 3. The number of halogens is 3. The Labute approximate surface area is 119 Å². The second-order valence-electron chi connectivity index (χ2n) is 4.26. The summed E-state index contributed by atoms with van der Waals surface area (Å²) in [5, 5.41) is 7.81. The number of amides is 2. The lowest BCUT2D eigenvalue weighted by molar-refractivity contribution is -0.144. The fourth-order valence-corrected chi connectivity index (χ4v) is 1.31. The van der Waals surface area contributed by atoms with Crippen LogP contribution < -0.4 is 16.0 Å². The molecule has 1 aromatic heterocycles. The van der Waals surface area contributed by atoms with Gasteiger partial charge in [0.05, 0.1) is 0 Å². The summed E-state index contributed by atoms with van der Waals surface area (Å²) in [6.07, 6.45) is -4.62. The Morgan fingerprint density at radius 1 is 1.24 bits per heavy atom. The van der Waals surface area contributed by atoms with E-state index in [-0.39, 0.29) is 30.8 Å². The number of aromatic nitrogens is 2. The third-order valence-corrected chi connectivity index (χ3v) is 2.35. The van der Waals surface area contributed by atoms with E-state index in [1.807, 2.05) is 0 Å². The molecule has 0 unspecified atom stereocenters. The number of hydrogen-bond acceptors (Lipinski definition) is 5. The van der Waals surface area contributed by atoms with Crippen LogP contribution in [0, 0.1) is 0 Å². The predicted molar refractivity (Wildman–Crippen MR) is 72.2 cm³/mol. The summed E-state index contributed by atoms with van der Waals surface area (Å²) >= 11 is 0. The zero-order valence-corrected chi connectivity index (χ0v) is 11.9. The van der Waals surface area contributed by atoms with Crippen LogP contribution in [0.15, 0.2) is 6.07 Å². The molecule has 1 heterocycles. The average Bonchev–Trinajstić information content (AvgIpc) is 2.41. The van der Waals surface area contributed by atoms with Crippen LogP contribution in [0.4, 0.5) is 29.6 Å². The lowest BCUT2D eigenvalue weighted by Gasteiger charge is -2.13. The number of nitrogens with one attached hydrogen (secondary N) is 3. The zero-order valence-electron chi connectivity index (χ0n) is 11.9. The van der Waals surface area contributed by atoms with E-state index in [2.05, 4.69) is 25.9 Å². The second-order valence-corrected chi connectivity index (χ2v) is 4.26. The van der Waals surface area contributed by atoms with Crippen molar-refractivity contribution in [2.45, 2.75) is 6.18 Å². The van der Waals surface area contributed by atoms with Crippen molar-refractivity contribution >= 4 is 17.7 Å². The van der Waals surface area contributed by atoms with Crippen molar-refractivity contribution < 1.29 is 18.0 Å². The number of anilines is 2. The molecule has 0 aliphatic rings. The minimum Gasteiger partial charge on any atom is -0.373 e. The van der Waals surface area contributed by atoms with E-state index in [1.165, 1.54) is 18.0 Å². The van der Waals surface area contributed by atoms with Gasteiger partial charge in [0.15, 0.2) is 0 Å². The predicted octanol–water partition coefficient (Wildman–Crippen LogP) is 1.22. The van der Waals surface area contributed by atoms with E-state index < -0.39 is 12.0 Å². The third kappa shape index (κ3) is 5.32. The van der Waals surface area contributed by atoms with Crippen molar-refractivity contribution in [3.05, 3.63) is 11.9 Å². The summed E-state index contributed by atoms with van der Waals surface area (Å²) in [5.41, 5.74) is 0. The molecule has 10 heteroatoms. The van der Waals surface area contributed by atoms with Crippen LogP contribution in [0.3, 0.4) is 0 Å². The number of carbonyl (C=O) groups excluding carboxylic acids is 1. The maximum atomic E-state index is 12.6. The molecule has 0 saturated heterocycles.